The number of hydrogen-bond donors (Lipinski definition) is 1. The molecule has 158 valence electrons. The van der Waals surface area contributed by atoms with Gasteiger partial charge in [-0.15, -0.1) is 10.2 Å². The highest BCUT2D eigenvalue weighted by molar-refractivity contribution is 7.99. The van der Waals surface area contributed by atoms with Gasteiger partial charge in [-0.1, -0.05) is 25.6 Å². The summed E-state index contributed by atoms with van der Waals surface area (Å²) in [6, 6.07) is 6.46. The predicted octanol–water partition coefficient (Wildman–Crippen LogP) is 2.78. The van der Waals surface area contributed by atoms with Crippen LogP contribution >= 0.6 is 11.8 Å². The van der Waals surface area contributed by atoms with E-state index in [1.54, 1.807) is 28.6 Å². The monoisotopic (exact) mass is 438 g/mol. The van der Waals surface area contributed by atoms with Gasteiger partial charge in [-0.05, 0) is 49.4 Å². The molecule has 1 aliphatic rings. The Kier molecular flexibility index (Phi) is 7.31. The number of hydrogen-bond acceptors (Lipinski definition) is 7. The van der Waals surface area contributed by atoms with Crippen molar-refractivity contribution in [1.82, 2.24) is 19.8 Å². The minimum atomic E-state index is -3.49. The van der Waals surface area contributed by atoms with E-state index in [1.165, 1.54) is 11.8 Å². The summed E-state index contributed by atoms with van der Waals surface area (Å²) in [5.41, 5.74) is 0.631. The fourth-order valence-corrected chi connectivity index (χ4v) is 5.03. The number of aromatic nitrogens is 2. The van der Waals surface area contributed by atoms with Crippen molar-refractivity contribution in [2.24, 2.45) is 5.92 Å². The summed E-state index contributed by atoms with van der Waals surface area (Å²) in [4.78, 5) is 11.9. The SMILES string of the molecule is CCCNC(=O)CSc1nnc(-c2ccc(S(=O)(=O)N3CCC(C)CC3)cc2)o1. The van der Waals surface area contributed by atoms with Crippen molar-refractivity contribution in [1.29, 1.82) is 0 Å². The molecule has 29 heavy (non-hydrogen) atoms. The van der Waals surface area contributed by atoms with Gasteiger partial charge in [0, 0.05) is 25.2 Å². The molecule has 0 radical (unpaired) electrons. The summed E-state index contributed by atoms with van der Waals surface area (Å²) in [7, 11) is -3.49. The second-order valence-corrected chi connectivity index (χ2v) is 9.99. The first kappa shape index (κ1) is 21.8. The summed E-state index contributed by atoms with van der Waals surface area (Å²) >= 11 is 1.17. The van der Waals surface area contributed by atoms with E-state index in [0.717, 1.165) is 19.3 Å². The van der Waals surface area contributed by atoms with E-state index < -0.39 is 10.0 Å². The molecule has 0 aliphatic carbocycles. The van der Waals surface area contributed by atoms with Crippen molar-refractivity contribution in [3.8, 4) is 11.5 Å². The molecule has 0 saturated carbocycles. The molecule has 0 bridgehead atoms. The van der Waals surface area contributed by atoms with Crippen molar-refractivity contribution in [2.75, 3.05) is 25.4 Å². The van der Waals surface area contributed by atoms with Crippen LogP contribution in [0, 0.1) is 5.92 Å². The van der Waals surface area contributed by atoms with Gasteiger partial charge in [-0.25, -0.2) is 8.42 Å². The van der Waals surface area contributed by atoms with Crippen LogP contribution in [0.4, 0.5) is 0 Å². The van der Waals surface area contributed by atoms with Gasteiger partial charge in [0.25, 0.3) is 5.22 Å². The predicted molar refractivity (Wildman–Crippen MR) is 111 cm³/mol. The molecule has 1 saturated heterocycles. The first-order valence-electron chi connectivity index (χ1n) is 9.73. The van der Waals surface area contributed by atoms with E-state index in [4.69, 9.17) is 4.42 Å². The molecule has 1 fully saturated rings. The number of nitrogens with one attached hydrogen (secondary N) is 1. The third-order valence-corrected chi connectivity index (χ3v) is 7.52. The Morgan fingerprint density at radius 1 is 1.24 bits per heavy atom. The van der Waals surface area contributed by atoms with Crippen LogP contribution in [0.15, 0.2) is 38.8 Å². The molecule has 0 unspecified atom stereocenters. The van der Waals surface area contributed by atoms with Crippen LogP contribution in [0.25, 0.3) is 11.5 Å². The highest BCUT2D eigenvalue weighted by Gasteiger charge is 2.28. The molecule has 2 heterocycles. The van der Waals surface area contributed by atoms with E-state index in [0.29, 0.717) is 36.3 Å². The van der Waals surface area contributed by atoms with Crippen molar-refractivity contribution in [3.05, 3.63) is 24.3 Å². The number of rotatable bonds is 8. The number of amides is 1. The van der Waals surface area contributed by atoms with Crippen LogP contribution in [-0.2, 0) is 14.8 Å². The summed E-state index contributed by atoms with van der Waals surface area (Å²) in [5, 5.41) is 11.0. The topological polar surface area (TPSA) is 105 Å². The highest BCUT2D eigenvalue weighted by atomic mass is 32.2. The molecule has 3 rings (SSSR count). The molecule has 0 spiro atoms. The number of sulfonamides is 1. The molecule has 1 amide bonds. The number of carbonyl (C=O) groups excluding carboxylic acids is 1. The molecule has 0 atom stereocenters. The Bertz CT molecular complexity index is 920. The van der Waals surface area contributed by atoms with Crippen molar-refractivity contribution in [2.45, 2.75) is 43.2 Å². The standard InChI is InChI=1S/C19H26N4O4S2/c1-3-10-20-17(24)13-28-19-22-21-18(27-19)15-4-6-16(7-5-15)29(25,26)23-11-8-14(2)9-12-23/h4-7,14H,3,8-13H2,1-2H3,(H,20,24). The van der Waals surface area contributed by atoms with Gasteiger partial charge in [-0.2, -0.15) is 4.31 Å². The maximum atomic E-state index is 12.8. The van der Waals surface area contributed by atoms with Crippen LogP contribution < -0.4 is 5.32 Å². The average molecular weight is 439 g/mol. The van der Waals surface area contributed by atoms with Gasteiger partial charge >= 0.3 is 0 Å². The van der Waals surface area contributed by atoms with Crippen molar-refractivity contribution >= 4 is 27.7 Å². The summed E-state index contributed by atoms with van der Waals surface area (Å²) in [5.74, 6) is 0.967. The number of thioether (sulfide) groups is 1. The van der Waals surface area contributed by atoms with E-state index in [2.05, 4.69) is 22.4 Å². The first-order valence-corrected chi connectivity index (χ1v) is 12.2. The molecule has 10 heteroatoms. The molecule has 1 N–H and O–H groups in total. The van der Waals surface area contributed by atoms with Crippen LogP contribution in [0.2, 0.25) is 0 Å². The van der Waals surface area contributed by atoms with Crippen LogP contribution in [0.1, 0.15) is 33.1 Å². The summed E-state index contributed by atoms with van der Waals surface area (Å²) in [6.45, 7) is 5.89. The normalized spacial score (nSPS) is 16.1. The van der Waals surface area contributed by atoms with Gasteiger partial charge in [0.1, 0.15) is 0 Å². The lowest BCUT2D eigenvalue weighted by Gasteiger charge is -2.29. The molecule has 1 aromatic carbocycles. The van der Waals surface area contributed by atoms with E-state index >= 15 is 0 Å². The van der Waals surface area contributed by atoms with Gasteiger partial charge in [0.05, 0.1) is 10.6 Å². The fourth-order valence-electron chi connectivity index (χ4n) is 2.97. The zero-order chi connectivity index (χ0) is 20.9. The fraction of sp³-hybridized carbons (Fsp3) is 0.526. The first-order chi connectivity index (χ1) is 13.9. The minimum Gasteiger partial charge on any atom is -0.411 e. The number of carbonyl (C=O) groups is 1. The highest BCUT2D eigenvalue weighted by Crippen LogP contribution is 2.27. The van der Waals surface area contributed by atoms with Gasteiger partial charge in [-0.3, -0.25) is 4.79 Å². The maximum absolute atomic E-state index is 12.8. The largest absolute Gasteiger partial charge is 0.411 e. The van der Waals surface area contributed by atoms with Crippen LogP contribution in [0.5, 0.6) is 0 Å². The van der Waals surface area contributed by atoms with Crippen molar-refractivity contribution in [3.63, 3.8) is 0 Å². The third kappa shape index (κ3) is 5.58. The molecule has 2 aromatic rings. The quantitative estimate of drug-likeness (QED) is 0.632. The second-order valence-electron chi connectivity index (χ2n) is 7.12. The molecular weight excluding hydrogens is 412 g/mol. The average Bonchev–Trinajstić information content (AvgIpc) is 3.20. The van der Waals surface area contributed by atoms with Crippen LogP contribution in [0.3, 0.4) is 0 Å². The summed E-state index contributed by atoms with van der Waals surface area (Å²) in [6.07, 6.45) is 2.65. The maximum Gasteiger partial charge on any atom is 0.277 e. The molecule has 8 nitrogen and oxygen atoms in total. The van der Waals surface area contributed by atoms with Crippen molar-refractivity contribution < 1.29 is 17.6 Å². The Hall–Kier alpha value is -1.91. The van der Waals surface area contributed by atoms with Crippen LogP contribution in [-0.4, -0.2) is 54.2 Å². The second kappa shape index (κ2) is 9.73. The third-order valence-electron chi connectivity index (χ3n) is 4.79. The van der Waals surface area contributed by atoms with Gasteiger partial charge in [0.2, 0.25) is 21.8 Å². The van der Waals surface area contributed by atoms with E-state index in [1.807, 2.05) is 6.92 Å². The Morgan fingerprint density at radius 2 is 1.93 bits per heavy atom. The lowest BCUT2D eigenvalue weighted by Crippen LogP contribution is -2.37. The molecule has 1 aromatic heterocycles. The zero-order valence-electron chi connectivity index (χ0n) is 16.6. The zero-order valence-corrected chi connectivity index (χ0v) is 18.3. The number of piperidine rings is 1. The lowest BCUT2D eigenvalue weighted by molar-refractivity contribution is -0.118. The van der Waals surface area contributed by atoms with E-state index in [9.17, 15) is 13.2 Å². The number of nitrogens with zero attached hydrogens (tertiary/aromatic N) is 3. The van der Waals surface area contributed by atoms with E-state index in [-0.39, 0.29) is 22.4 Å². The Morgan fingerprint density at radius 3 is 2.59 bits per heavy atom. The Labute approximate surface area is 175 Å². The number of benzene rings is 1. The smallest absolute Gasteiger partial charge is 0.277 e. The minimum absolute atomic E-state index is 0.0849. The molecular formula is C19H26N4O4S2. The Balaban J connectivity index is 1.63. The summed E-state index contributed by atoms with van der Waals surface area (Å²) < 4.78 is 32.7. The van der Waals surface area contributed by atoms with Gasteiger partial charge in [0.15, 0.2) is 0 Å². The molecule has 1 aliphatic heterocycles. The van der Waals surface area contributed by atoms with Gasteiger partial charge < -0.3 is 9.73 Å². The lowest BCUT2D eigenvalue weighted by atomic mass is 10.0.